The van der Waals surface area contributed by atoms with Crippen LogP contribution in [0, 0.1) is 0 Å². The van der Waals surface area contributed by atoms with Crippen molar-refractivity contribution in [2.45, 2.75) is 52.4 Å². The molecule has 8 heteroatoms. The Morgan fingerprint density at radius 2 is 2.39 bits per heavy atom. The fourth-order valence-corrected chi connectivity index (χ4v) is 2.47. The van der Waals surface area contributed by atoms with Gasteiger partial charge in [0.05, 0.1) is 17.9 Å². The Kier molecular flexibility index (Phi) is 6.35. The number of esters is 1. The van der Waals surface area contributed by atoms with E-state index in [1.54, 1.807) is 24.7 Å². The molecule has 1 aliphatic rings. The largest absolute Gasteiger partial charge is 0.458 e. The molecule has 1 fully saturated rings. The average molecular weight is 340 g/mol. The number of thiocarbonyl (C=S) groups is 1. The smallest absolute Gasteiger partial charge is 0.361 e. The summed E-state index contributed by atoms with van der Waals surface area (Å²) in [5.74, 6) is -0.461. The average Bonchev–Trinajstić information content (AvgIpc) is 3.13. The molecule has 2 rings (SSSR count). The Bertz CT molecular complexity index is 553. The van der Waals surface area contributed by atoms with E-state index < -0.39 is 5.97 Å². The predicted molar refractivity (Wildman–Crippen MR) is 91.6 cm³/mol. The molecule has 0 bridgehead atoms. The van der Waals surface area contributed by atoms with Gasteiger partial charge in [0.1, 0.15) is 0 Å². The molecular formula is C15H24N4O3S. The van der Waals surface area contributed by atoms with E-state index in [0.29, 0.717) is 23.9 Å². The van der Waals surface area contributed by atoms with Crippen LogP contribution in [0.3, 0.4) is 0 Å². The molecule has 0 radical (unpaired) electrons. The summed E-state index contributed by atoms with van der Waals surface area (Å²) >= 11 is 5.28. The van der Waals surface area contributed by atoms with E-state index in [4.69, 9.17) is 21.7 Å². The summed E-state index contributed by atoms with van der Waals surface area (Å²) in [6.07, 6.45) is 3.86. The fraction of sp³-hybridized carbons (Fsp3) is 0.667. The third-order valence-corrected chi connectivity index (χ3v) is 3.63. The minimum absolute atomic E-state index is 0.193. The van der Waals surface area contributed by atoms with Crippen LogP contribution in [-0.4, -0.2) is 46.2 Å². The molecule has 1 aromatic heterocycles. The molecule has 0 aromatic carbocycles. The number of anilines is 1. The Hall–Kier alpha value is -1.67. The van der Waals surface area contributed by atoms with Gasteiger partial charge in [-0.1, -0.05) is 0 Å². The molecule has 1 aromatic rings. The van der Waals surface area contributed by atoms with E-state index in [1.165, 1.54) is 0 Å². The molecule has 0 spiro atoms. The van der Waals surface area contributed by atoms with Crippen LogP contribution in [-0.2, 0) is 16.0 Å². The van der Waals surface area contributed by atoms with Crippen molar-refractivity contribution in [3.05, 3.63) is 11.9 Å². The summed E-state index contributed by atoms with van der Waals surface area (Å²) in [7, 11) is 0. The lowest BCUT2D eigenvalue weighted by molar-refractivity contribution is 0.0371. The van der Waals surface area contributed by atoms with Gasteiger partial charge in [0.2, 0.25) is 0 Å². The number of ether oxygens (including phenoxy) is 2. The van der Waals surface area contributed by atoms with E-state index in [2.05, 4.69) is 15.7 Å². The minimum Gasteiger partial charge on any atom is -0.458 e. The molecule has 1 saturated heterocycles. The molecule has 2 heterocycles. The molecule has 1 atom stereocenters. The first kappa shape index (κ1) is 17.7. The van der Waals surface area contributed by atoms with Crippen molar-refractivity contribution >= 4 is 29.0 Å². The summed E-state index contributed by atoms with van der Waals surface area (Å²) in [6, 6.07) is 0. The molecule has 0 saturated carbocycles. The standard InChI is InChI=1S/C15H24N4O3S/c1-4-19-9-12(13(18-19)14(20)22-10(2)3)17-15(23)16-8-11-6-5-7-21-11/h9-11H,4-8H2,1-3H3,(H2,16,17,23). The zero-order valence-corrected chi connectivity index (χ0v) is 14.6. The summed E-state index contributed by atoms with van der Waals surface area (Å²) < 4.78 is 12.4. The summed E-state index contributed by atoms with van der Waals surface area (Å²) in [5, 5.41) is 10.8. The van der Waals surface area contributed by atoms with E-state index in [-0.39, 0.29) is 17.9 Å². The minimum atomic E-state index is -0.461. The Balaban J connectivity index is 1.98. The van der Waals surface area contributed by atoms with Crippen LogP contribution < -0.4 is 10.6 Å². The SMILES string of the molecule is CCn1cc(NC(=S)NCC2CCCO2)c(C(=O)OC(C)C)n1. The normalized spacial score (nSPS) is 17.3. The van der Waals surface area contributed by atoms with Gasteiger partial charge in [-0.2, -0.15) is 5.10 Å². The lowest BCUT2D eigenvalue weighted by Crippen LogP contribution is -2.35. The molecule has 1 aliphatic heterocycles. The van der Waals surface area contributed by atoms with Gasteiger partial charge >= 0.3 is 5.97 Å². The zero-order valence-electron chi connectivity index (χ0n) is 13.8. The fourth-order valence-electron chi connectivity index (χ4n) is 2.27. The van der Waals surface area contributed by atoms with Gasteiger partial charge in [-0.3, -0.25) is 4.68 Å². The maximum Gasteiger partial charge on any atom is 0.361 e. The third-order valence-electron chi connectivity index (χ3n) is 3.38. The summed E-state index contributed by atoms with van der Waals surface area (Å²) in [5.41, 5.74) is 0.782. The molecule has 1 unspecified atom stereocenters. The number of nitrogens with zero attached hydrogens (tertiary/aromatic N) is 2. The van der Waals surface area contributed by atoms with Gasteiger partial charge < -0.3 is 20.1 Å². The van der Waals surface area contributed by atoms with Gasteiger partial charge in [0.25, 0.3) is 0 Å². The lowest BCUT2D eigenvalue weighted by Gasteiger charge is -2.14. The van der Waals surface area contributed by atoms with Crippen molar-refractivity contribution in [3.8, 4) is 0 Å². The number of aryl methyl sites for hydroxylation is 1. The van der Waals surface area contributed by atoms with Crippen LogP contribution in [0.15, 0.2) is 6.20 Å². The molecule has 0 amide bonds. The topological polar surface area (TPSA) is 77.4 Å². The van der Waals surface area contributed by atoms with Crippen molar-refractivity contribution in [2.24, 2.45) is 0 Å². The number of hydrogen-bond donors (Lipinski definition) is 2. The predicted octanol–water partition coefficient (Wildman–Crippen LogP) is 1.93. The first-order valence-electron chi connectivity index (χ1n) is 7.94. The van der Waals surface area contributed by atoms with E-state index in [0.717, 1.165) is 19.4 Å². The van der Waals surface area contributed by atoms with Crippen molar-refractivity contribution in [1.29, 1.82) is 0 Å². The second kappa shape index (κ2) is 8.26. The molecule has 2 N–H and O–H groups in total. The van der Waals surface area contributed by atoms with Crippen molar-refractivity contribution in [3.63, 3.8) is 0 Å². The molecular weight excluding hydrogens is 316 g/mol. The summed E-state index contributed by atoms with van der Waals surface area (Å²) in [4.78, 5) is 12.1. The number of aromatic nitrogens is 2. The van der Waals surface area contributed by atoms with Gasteiger partial charge in [-0.25, -0.2) is 4.79 Å². The van der Waals surface area contributed by atoms with Crippen LogP contribution in [0.1, 0.15) is 44.1 Å². The zero-order chi connectivity index (χ0) is 16.8. The number of hydrogen-bond acceptors (Lipinski definition) is 5. The van der Waals surface area contributed by atoms with Gasteiger partial charge in [-0.05, 0) is 45.8 Å². The highest BCUT2D eigenvalue weighted by Gasteiger charge is 2.20. The first-order valence-corrected chi connectivity index (χ1v) is 8.35. The van der Waals surface area contributed by atoms with Crippen molar-refractivity contribution < 1.29 is 14.3 Å². The van der Waals surface area contributed by atoms with Gasteiger partial charge in [-0.15, -0.1) is 0 Å². The molecule has 128 valence electrons. The van der Waals surface area contributed by atoms with E-state index in [9.17, 15) is 4.79 Å². The highest BCUT2D eigenvalue weighted by molar-refractivity contribution is 7.80. The van der Waals surface area contributed by atoms with Gasteiger partial charge in [0.15, 0.2) is 10.8 Å². The highest BCUT2D eigenvalue weighted by atomic mass is 32.1. The number of carbonyl (C=O) groups is 1. The van der Waals surface area contributed by atoms with Crippen LogP contribution in [0.2, 0.25) is 0 Å². The van der Waals surface area contributed by atoms with E-state index in [1.807, 2.05) is 6.92 Å². The maximum atomic E-state index is 12.1. The highest BCUT2D eigenvalue weighted by Crippen LogP contribution is 2.16. The quantitative estimate of drug-likeness (QED) is 0.605. The Labute approximate surface area is 141 Å². The maximum absolute atomic E-state index is 12.1. The van der Waals surface area contributed by atoms with Crippen LogP contribution in [0.25, 0.3) is 0 Å². The second-order valence-corrected chi connectivity index (χ2v) is 6.08. The second-order valence-electron chi connectivity index (χ2n) is 5.67. The number of rotatable bonds is 6. The van der Waals surface area contributed by atoms with Gasteiger partial charge in [0, 0.05) is 25.9 Å². The lowest BCUT2D eigenvalue weighted by atomic mass is 10.2. The molecule has 23 heavy (non-hydrogen) atoms. The first-order chi connectivity index (χ1) is 11.0. The Morgan fingerprint density at radius 1 is 1.61 bits per heavy atom. The number of nitrogens with one attached hydrogen (secondary N) is 2. The van der Waals surface area contributed by atoms with E-state index >= 15 is 0 Å². The van der Waals surface area contributed by atoms with Crippen molar-refractivity contribution in [2.75, 3.05) is 18.5 Å². The monoisotopic (exact) mass is 340 g/mol. The van der Waals surface area contributed by atoms with Crippen molar-refractivity contribution in [1.82, 2.24) is 15.1 Å². The number of carbonyl (C=O) groups excluding carboxylic acids is 1. The molecule has 0 aliphatic carbocycles. The van der Waals surface area contributed by atoms with Crippen LogP contribution in [0.5, 0.6) is 0 Å². The Morgan fingerprint density at radius 3 is 3.00 bits per heavy atom. The summed E-state index contributed by atoms with van der Waals surface area (Å²) in [6.45, 7) is 7.66. The van der Waals surface area contributed by atoms with Crippen LogP contribution >= 0.6 is 12.2 Å². The molecule has 7 nitrogen and oxygen atoms in total. The third kappa shape index (κ3) is 5.18. The van der Waals surface area contributed by atoms with Crippen LogP contribution in [0.4, 0.5) is 5.69 Å².